The van der Waals surface area contributed by atoms with E-state index in [1.54, 1.807) is 18.1 Å². The van der Waals surface area contributed by atoms with Crippen LogP contribution in [0.15, 0.2) is 17.9 Å². The summed E-state index contributed by atoms with van der Waals surface area (Å²) in [6, 6.07) is 0. The Labute approximate surface area is 93.8 Å². The Morgan fingerprint density at radius 1 is 1.53 bits per heavy atom. The zero-order valence-electron chi connectivity index (χ0n) is 9.11. The maximum Gasteiger partial charge on any atom is 0.191 e. The second-order valence-corrected chi connectivity index (χ2v) is 3.61. The molecule has 1 aromatic rings. The average Bonchev–Trinajstić information content (AvgIpc) is 2.28. The van der Waals surface area contributed by atoms with Gasteiger partial charge in [0.25, 0.3) is 0 Å². The molecule has 0 aliphatic rings. The fraction of sp³-hybridized carbons (Fsp3) is 0.333. The SMILES string of the molecule is C=CN(C)c1nc(SC)nc(NC)c1N. The van der Waals surface area contributed by atoms with E-state index in [4.69, 9.17) is 5.73 Å². The van der Waals surface area contributed by atoms with Gasteiger partial charge in [-0.25, -0.2) is 9.97 Å². The fourth-order valence-corrected chi connectivity index (χ4v) is 1.44. The number of hydrogen-bond donors (Lipinski definition) is 2. The van der Waals surface area contributed by atoms with Crippen molar-refractivity contribution in [1.29, 1.82) is 0 Å². The van der Waals surface area contributed by atoms with E-state index in [0.717, 1.165) is 0 Å². The maximum absolute atomic E-state index is 5.91. The zero-order valence-corrected chi connectivity index (χ0v) is 9.93. The number of nitrogens with two attached hydrogens (primary N) is 1. The Kier molecular flexibility index (Phi) is 3.79. The first-order valence-electron chi connectivity index (χ1n) is 4.38. The van der Waals surface area contributed by atoms with Crippen LogP contribution in [-0.2, 0) is 0 Å². The highest BCUT2D eigenvalue weighted by Crippen LogP contribution is 2.28. The summed E-state index contributed by atoms with van der Waals surface area (Å²) in [6.45, 7) is 3.67. The Balaban J connectivity index is 3.29. The molecule has 0 saturated heterocycles. The van der Waals surface area contributed by atoms with Gasteiger partial charge in [-0.15, -0.1) is 0 Å². The van der Waals surface area contributed by atoms with E-state index >= 15 is 0 Å². The molecular formula is C9H15N5S. The van der Waals surface area contributed by atoms with Crippen molar-refractivity contribution in [2.75, 3.05) is 36.3 Å². The average molecular weight is 225 g/mol. The van der Waals surface area contributed by atoms with E-state index in [1.165, 1.54) is 11.8 Å². The first-order valence-corrected chi connectivity index (χ1v) is 5.61. The van der Waals surface area contributed by atoms with Crippen LogP contribution in [0.5, 0.6) is 0 Å². The molecule has 0 aliphatic carbocycles. The normalized spacial score (nSPS) is 9.80. The molecule has 1 rings (SSSR count). The molecule has 0 fully saturated rings. The van der Waals surface area contributed by atoms with Gasteiger partial charge in [0.05, 0.1) is 0 Å². The fourth-order valence-electron chi connectivity index (χ4n) is 1.07. The van der Waals surface area contributed by atoms with E-state index in [2.05, 4.69) is 21.9 Å². The highest BCUT2D eigenvalue weighted by Gasteiger charge is 2.12. The molecule has 1 aromatic heterocycles. The quantitative estimate of drug-likeness (QED) is 0.596. The minimum Gasteiger partial charge on any atom is -0.393 e. The number of anilines is 3. The molecule has 0 radical (unpaired) electrons. The van der Waals surface area contributed by atoms with Crippen molar-refractivity contribution >= 4 is 29.1 Å². The van der Waals surface area contributed by atoms with Crippen LogP contribution in [0.3, 0.4) is 0 Å². The van der Waals surface area contributed by atoms with E-state index in [0.29, 0.717) is 22.5 Å². The van der Waals surface area contributed by atoms with Gasteiger partial charge >= 0.3 is 0 Å². The summed E-state index contributed by atoms with van der Waals surface area (Å²) in [4.78, 5) is 10.3. The number of thioether (sulfide) groups is 1. The monoisotopic (exact) mass is 225 g/mol. The van der Waals surface area contributed by atoms with Crippen molar-refractivity contribution in [1.82, 2.24) is 9.97 Å². The van der Waals surface area contributed by atoms with Gasteiger partial charge in [-0.3, -0.25) is 0 Å². The molecule has 5 nitrogen and oxygen atoms in total. The molecular weight excluding hydrogens is 210 g/mol. The van der Waals surface area contributed by atoms with Crippen LogP contribution < -0.4 is 16.0 Å². The van der Waals surface area contributed by atoms with Crippen LogP contribution in [0.4, 0.5) is 17.3 Å². The van der Waals surface area contributed by atoms with Gasteiger partial charge in [-0.1, -0.05) is 18.3 Å². The molecule has 6 heteroatoms. The van der Waals surface area contributed by atoms with Crippen LogP contribution in [0, 0.1) is 0 Å². The van der Waals surface area contributed by atoms with Gasteiger partial charge in [0.15, 0.2) is 16.8 Å². The molecule has 0 spiro atoms. The van der Waals surface area contributed by atoms with E-state index in [1.807, 2.05) is 13.3 Å². The first kappa shape index (κ1) is 11.6. The Morgan fingerprint density at radius 3 is 2.67 bits per heavy atom. The third-order valence-electron chi connectivity index (χ3n) is 1.93. The molecule has 1 heterocycles. The van der Waals surface area contributed by atoms with Crippen LogP contribution in [0.2, 0.25) is 0 Å². The van der Waals surface area contributed by atoms with Crippen molar-refractivity contribution in [2.24, 2.45) is 0 Å². The van der Waals surface area contributed by atoms with Gasteiger partial charge in [-0.05, 0) is 12.5 Å². The summed E-state index contributed by atoms with van der Waals surface area (Å²) in [6.07, 6.45) is 3.57. The van der Waals surface area contributed by atoms with Crippen LogP contribution in [0.1, 0.15) is 0 Å². The third-order valence-corrected chi connectivity index (χ3v) is 2.48. The predicted molar refractivity (Wildman–Crippen MR) is 66.4 cm³/mol. The maximum atomic E-state index is 5.91. The van der Waals surface area contributed by atoms with Gasteiger partial charge in [-0.2, -0.15) is 0 Å². The van der Waals surface area contributed by atoms with Crippen molar-refractivity contribution in [3.8, 4) is 0 Å². The summed E-state index contributed by atoms with van der Waals surface area (Å²) in [5.41, 5.74) is 6.43. The van der Waals surface area contributed by atoms with Gasteiger partial charge in [0, 0.05) is 14.1 Å². The molecule has 3 N–H and O–H groups in total. The van der Waals surface area contributed by atoms with Crippen LogP contribution >= 0.6 is 11.8 Å². The number of nitrogens with one attached hydrogen (secondary N) is 1. The lowest BCUT2D eigenvalue weighted by Crippen LogP contribution is -2.14. The number of aromatic nitrogens is 2. The van der Waals surface area contributed by atoms with E-state index in [-0.39, 0.29) is 0 Å². The highest BCUT2D eigenvalue weighted by molar-refractivity contribution is 7.98. The van der Waals surface area contributed by atoms with Gasteiger partial charge < -0.3 is 16.0 Å². The lowest BCUT2D eigenvalue weighted by Gasteiger charge is -2.17. The predicted octanol–water partition coefficient (Wildman–Crippen LogP) is 1.40. The molecule has 0 unspecified atom stereocenters. The molecule has 0 saturated carbocycles. The Morgan fingerprint density at radius 2 is 2.20 bits per heavy atom. The van der Waals surface area contributed by atoms with Gasteiger partial charge in [0.2, 0.25) is 0 Å². The molecule has 15 heavy (non-hydrogen) atoms. The molecule has 0 aliphatic heterocycles. The number of nitrogen functional groups attached to an aromatic ring is 1. The summed E-state index contributed by atoms with van der Waals surface area (Å²) in [7, 11) is 3.62. The Bertz CT molecular complexity index is 366. The number of rotatable bonds is 4. The van der Waals surface area contributed by atoms with Crippen molar-refractivity contribution < 1.29 is 0 Å². The third kappa shape index (κ3) is 2.33. The van der Waals surface area contributed by atoms with E-state index in [9.17, 15) is 0 Å². The lowest BCUT2D eigenvalue weighted by atomic mass is 10.4. The zero-order chi connectivity index (χ0) is 11.4. The van der Waals surface area contributed by atoms with E-state index < -0.39 is 0 Å². The standard InChI is InChI=1S/C9H15N5S/c1-5-14(3)8-6(10)7(11-2)12-9(13-8)15-4/h5H,1,10H2,2-4H3,(H,11,12,13). The Hall–Kier alpha value is -1.43. The second-order valence-electron chi connectivity index (χ2n) is 2.84. The number of hydrogen-bond acceptors (Lipinski definition) is 6. The van der Waals surface area contributed by atoms with Crippen molar-refractivity contribution in [3.63, 3.8) is 0 Å². The van der Waals surface area contributed by atoms with Crippen LogP contribution in [0.25, 0.3) is 0 Å². The van der Waals surface area contributed by atoms with Crippen molar-refractivity contribution in [2.45, 2.75) is 5.16 Å². The molecule has 0 bridgehead atoms. The van der Waals surface area contributed by atoms with Crippen LogP contribution in [-0.4, -0.2) is 30.3 Å². The minimum atomic E-state index is 0.526. The highest BCUT2D eigenvalue weighted by atomic mass is 32.2. The molecule has 0 atom stereocenters. The van der Waals surface area contributed by atoms with Gasteiger partial charge in [0.1, 0.15) is 5.69 Å². The second kappa shape index (κ2) is 4.88. The molecule has 82 valence electrons. The van der Waals surface area contributed by atoms with Crippen molar-refractivity contribution in [3.05, 3.63) is 12.8 Å². The first-order chi connectivity index (χ1) is 7.13. The number of nitrogens with zero attached hydrogens (tertiary/aromatic N) is 3. The molecule has 0 aromatic carbocycles. The lowest BCUT2D eigenvalue weighted by molar-refractivity contribution is 0.951. The summed E-state index contributed by atoms with van der Waals surface area (Å²) in [5.74, 6) is 1.30. The largest absolute Gasteiger partial charge is 0.393 e. The topological polar surface area (TPSA) is 67.1 Å². The minimum absolute atomic E-state index is 0.526. The smallest absolute Gasteiger partial charge is 0.191 e. The summed E-state index contributed by atoms with van der Waals surface area (Å²) >= 11 is 1.47. The molecule has 0 amide bonds. The summed E-state index contributed by atoms with van der Waals surface area (Å²) < 4.78 is 0. The summed E-state index contributed by atoms with van der Waals surface area (Å²) in [5, 5.41) is 3.62.